The molecule has 0 bridgehead atoms. The van der Waals surface area contributed by atoms with Crippen molar-refractivity contribution in [2.75, 3.05) is 6.61 Å². The summed E-state index contributed by atoms with van der Waals surface area (Å²) >= 11 is 1.74. The number of fused-ring (bicyclic) bond motifs is 1. The average Bonchev–Trinajstić information content (AvgIpc) is 3.28. The largest absolute Gasteiger partial charge is 0.494 e. The number of unbranched alkanes of at least 4 members (excludes halogenated alkanes) is 1. The highest BCUT2D eigenvalue weighted by atomic mass is 32.1. The first-order chi connectivity index (χ1) is 13.2. The Morgan fingerprint density at radius 1 is 0.963 bits per heavy atom. The Kier molecular flexibility index (Phi) is 5.26. The van der Waals surface area contributed by atoms with Crippen LogP contribution in [0, 0.1) is 13.8 Å². The molecule has 4 rings (SSSR count). The molecule has 2 aromatic heterocycles. The molecule has 0 radical (unpaired) electrons. The van der Waals surface area contributed by atoms with Crippen LogP contribution in [0.15, 0.2) is 60.0 Å². The Balaban J connectivity index is 1.42. The number of nitrogens with zero attached hydrogens (tertiary/aromatic N) is 2. The fourth-order valence-corrected chi connectivity index (χ4v) is 4.20. The van der Waals surface area contributed by atoms with E-state index in [1.165, 1.54) is 21.5 Å². The fourth-order valence-electron chi connectivity index (χ4n) is 3.47. The molecule has 0 spiro atoms. The number of hydrogen-bond donors (Lipinski definition) is 0. The second-order valence-corrected chi connectivity index (χ2v) is 7.88. The lowest BCUT2D eigenvalue weighted by atomic mass is 10.1. The third kappa shape index (κ3) is 4.06. The number of aryl methyl sites for hydroxylation is 3. The minimum Gasteiger partial charge on any atom is -0.494 e. The summed E-state index contributed by atoms with van der Waals surface area (Å²) in [5, 5.41) is 2.11. The Hall–Kier alpha value is -2.59. The van der Waals surface area contributed by atoms with Crippen molar-refractivity contribution >= 4 is 22.4 Å². The van der Waals surface area contributed by atoms with E-state index >= 15 is 0 Å². The van der Waals surface area contributed by atoms with Gasteiger partial charge in [-0.25, -0.2) is 4.98 Å². The highest BCUT2D eigenvalue weighted by Crippen LogP contribution is 2.28. The van der Waals surface area contributed by atoms with Crippen LogP contribution in [-0.2, 0) is 6.54 Å². The van der Waals surface area contributed by atoms with Crippen LogP contribution < -0.4 is 4.74 Å². The van der Waals surface area contributed by atoms with Crippen LogP contribution in [0.4, 0.5) is 0 Å². The summed E-state index contributed by atoms with van der Waals surface area (Å²) in [6, 6.07) is 19.0. The van der Waals surface area contributed by atoms with Gasteiger partial charge in [-0.2, -0.15) is 0 Å². The molecule has 0 aliphatic heterocycles. The summed E-state index contributed by atoms with van der Waals surface area (Å²) in [4.78, 5) is 6.08. The van der Waals surface area contributed by atoms with Crippen LogP contribution in [0.25, 0.3) is 21.7 Å². The monoisotopic (exact) mass is 376 g/mol. The number of para-hydroxylation sites is 2. The predicted octanol–water partition coefficient (Wildman–Crippen LogP) is 6.24. The van der Waals surface area contributed by atoms with Crippen molar-refractivity contribution < 1.29 is 4.74 Å². The minimum absolute atomic E-state index is 0.740. The zero-order valence-electron chi connectivity index (χ0n) is 15.8. The van der Waals surface area contributed by atoms with E-state index in [2.05, 4.69) is 78.4 Å². The van der Waals surface area contributed by atoms with Gasteiger partial charge in [0.2, 0.25) is 0 Å². The number of benzene rings is 2. The van der Waals surface area contributed by atoms with Gasteiger partial charge in [0.1, 0.15) is 5.75 Å². The number of rotatable bonds is 7. The minimum atomic E-state index is 0.740. The standard InChI is InChI=1S/C23H24N2OS/c1-17-14-18(2)16-19(15-17)26-12-6-5-11-25-21-9-4-3-8-20(21)24-23(25)22-10-7-13-27-22/h3-4,7-10,13-16H,5-6,11-12H2,1-2H3. The molecule has 27 heavy (non-hydrogen) atoms. The van der Waals surface area contributed by atoms with Gasteiger partial charge in [0.05, 0.1) is 22.5 Å². The SMILES string of the molecule is Cc1cc(C)cc(OCCCCn2c(-c3cccs3)nc3ccccc32)c1. The lowest BCUT2D eigenvalue weighted by molar-refractivity contribution is 0.303. The molecule has 0 N–H and O–H groups in total. The number of thiophene rings is 1. The van der Waals surface area contributed by atoms with Gasteiger partial charge in [-0.3, -0.25) is 0 Å². The maximum atomic E-state index is 5.95. The topological polar surface area (TPSA) is 27.1 Å². The number of imidazole rings is 1. The third-order valence-electron chi connectivity index (χ3n) is 4.64. The zero-order chi connectivity index (χ0) is 18.6. The predicted molar refractivity (Wildman–Crippen MR) is 114 cm³/mol. The van der Waals surface area contributed by atoms with Crippen molar-refractivity contribution in [3.05, 3.63) is 71.1 Å². The maximum Gasteiger partial charge on any atom is 0.151 e. The molecule has 3 nitrogen and oxygen atoms in total. The van der Waals surface area contributed by atoms with Crippen molar-refractivity contribution in [1.29, 1.82) is 0 Å². The van der Waals surface area contributed by atoms with E-state index in [1.807, 2.05) is 0 Å². The van der Waals surface area contributed by atoms with Crippen LogP contribution >= 0.6 is 11.3 Å². The molecule has 0 amide bonds. The van der Waals surface area contributed by atoms with Crippen LogP contribution in [0.2, 0.25) is 0 Å². The van der Waals surface area contributed by atoms with Crippen molar-refractivity contribution in [3.63, 3.8) is 0 Å². The molecule has 138 valence electrons. The van der Waals surface area contributed by atoms with Gasteiger partial charge in [0.15, 0.2) is 5.82 Å². The van der Waals surface area contributed by atoms with E-state index in [1.54, 1.807) is 11.3 Å². The van der Waals surface area contributed by atoms with Crippen LogP contribution in [0.3, 0.4) is 0 Å². The first-order valence-electron chi connectivity index (χ1n) is 9.41. The van der Waals surface area contributed by atoms with E-state index in [9.17, 15) is 0 Å². The lowest BCUT2D eigenvalue weighted by Gasteiger charge is -2.10. The molecule has 0 atom stereocenters. The number of ether oxygens (including phenoxy) is 1. The third-order valence-corrected chi connectivity index (χ3v) is 5.50. The molecule has 0 aliphatic carbocycles. The Bertz CT molecular complexity index is 1010. The number of aromatic nitrogens is 2. The van der Waals surface area contributed by atoms with E-state index in [4.69, 9.17) is 9.72 Å². The summed E-state index contributed by atoms with van der Waals surface area (Å²) in [6.45, 7) is 5.90. The van der Waals surface area contributed by atoms with E-state index < -0.39 is 0 Å². The normalized spacial score (nSPS) is 11.2. The highest BCUT2D eigenvalue weighted by Gasteiger charge is 2.12. The smallest absolute Gasteiger partial charge is 0.151 e. The van der Waals surface area contributed by atoms with Crippen LogP contribution in [0.5, 0.6) is 5.75 Å². The van der Waals surface area contributed by atoms with Crippen molar-refractivity contribution in [1.82, 2.24) is 9.55 Å². The summed E-state index contributed by atoms with van der Waals surface area (Å²) < 4.78 is 8.30. The first-order valence-corrected chi connectivity index (χ1v) is 10.3. The molecular formula is C23H24N2OS. The zero-order valence-corrected chi connectivity index (χ0v) is 16.6. The Morgan fingerprint density at radius 3 is 2.56 bits per heavy atom. The second-order valence-electron chi connectivity index (χ2n) is 6.93. The van der Waals surface area contributed by atoms with Gasteiger partial charge in [-0.05, 0) is 73.5 Å². The molecule has 0 fully saturated rings. The summed E-state index contributed by atoms with van der Waals surface area (Å²) in [5.74, 6) is 2.04. The molecule has 4 aromatic rings. The second kappa shape index (κ2) is 7.97. The molecule has 2 aromatic carbocycles. The summed E-state index contributed by atoms with van der Waals surface area (Å²) in [5.41, 5.74) is 4.76. The highest BCUT2D eigenvalue weighted by molar-refractivity contribution is 7.13. The summed E-state index contributed by atoms with van der Waals surface area (Å²) in [6.07, 6.45) is 2.08. The first kappa shape index (κ1) is 17.8. The van der Waals surface area contributed by atoms with Crippen LogP contribution in [-0.4, -0.2) is 16.2 Å². The van der Waals surface area contributed by atoms with Gasteiger partial charge >= 0.3 is 0 Å². The van der Waals surface area contributed by atoms with Crippen molar-refractivity contribution in [2.45, 2.75) is 33.2 Å². The van der Waals surface area contributed by atoms with E-state index in [0.29, 0.717) is 0 Å². The molecule has 0 saturated carbocycles. The quantitative estimate of drug-likeness (QED) is 0.357. The van der Waals surface area contributed by atoms with Gasteiger partial charge in [0.25, 0.3) is 0 Å². The molecule has 2 heterocycles. The molecule has 4 heteroatoms. The maximum absolute atomic E-state index is 5.95. The lowest BCUT2D eigenvalue weighted by Crippen LogP contribution is -2.04. The van der Waals surface area contributed by atoms with Gasteiger partial charge < -0.3 is 9.30 Å². The van der Waals surface area contributed by atoms with Crippen LogP contribution in [0.1, 0.15) is 24.0 Å². The molecule has 0 saturated heterocycles. The Morgan fingerprint density at radius 2 is 1.78 bits per heavy atom. The molecule has 0 aliphatic rings. The molecule has 0 unspecified atom stereocenters. The number of hydrogen-bond acceptors (Lipinski definition) is 3. The van der Waals surface area contributed by atoms with E-state index in [0.717, 1.165) is 43.1 Å². The average molecular weight is 377 g/mol. The van der Waals surface area contributed by atoms with Gasteiger partial charge in [-0.1, -0.05) is 24.3 Å². The van der Waals surface area contributed by atoms with Crippen molar-refractivity contribution in [3.8, 4) is 16.5 Å². The molecular weight excluding hydrogens is 352 g/mol. The summed E-state index contributed by atoms with van der Waals surface area (Å²) in [7, 11) is 0. The fraction of sp³-hybridized carbons (Fsp3) is 0.261. The van der Waals surface area contributed by atoms with Gasteiger partial charge in [0, 0.05) is 6.54 Å². The van der Waals surface area contributed by atoms with E-state index in [-0.39, 0.29) is 0 Å². The van der Waals surface area contributed by atoms with Crippen molar-refractivity contribution in [2.24, 2.45) is 0 Å². The Labute approximate surface area is 164 Å². The van der Waals surface area contributed by atoms with Gasteiger partial charge in [-0.15, -0.1) is 11.3 Å².